The molecule has 0 aliphatic rings. The zero-order chi connectivity index (χ0) is 9.12. The van der Waals surface area contributed by atoms with Crippen molar-refractivity contribution in [1.82, 2.24) is 0 Å². The van der Waals surface area contributed by atoms with E-state index < -0.39 is 12.9 Å². The summed E-state index contributed by atoms with van der Waals surface area (Å²) >= 11 is 11.6. The Balaban J connectivity index is 4.08. The Morgan fingerprint density at radius 1 is 1.27 bits per heavy atom. The molecule has 11 heavy (non-hydrogen) atoms. The predicted molar refractivity (Wildman–Crippen MR) is 50.6 cm³/mol. The molecule has 0 unspecified atom stereocenters. The fraction of sp³-hybridized carbons (Fsp3) is 1.00. The minimum Gasteiger partial charge on any atom is -0.398 e. The first-order valence-corrected chi connectivity index (χ1v) is 6.59. The maximum atomic E-state index is 5.82. The molecule has 0 aromatic carbocycles. The van der Waals surface area contributed by atoms with E-state index in [1.54, 1.807) is 21.1 Å². The number of alkyl halides is 2. The van der Waals surface area contributed by atoms with E-state index in [1.165, 1.54) is 0 Å². The van der Waals surface area contributed by atoms with Gasteiger partial charge in [0.2, 0.25) is 0 Å². The Bertz CT molecular complexity index is 120. The van der Waals surface area contributed by atoms with E-state index in [-0.39, 0.29) is 0 Å². The second-order valence-corrected chi connectivity index (χ2v) is 8.09. The minimum absolute atomic E-state index is 0.566. The van der Waals surface area contributed by atoms with Crippen molar-refractivity contribution >= 4 is 31.8 Å². The zero-order valence-electron chi connectivity index (χ0n) is 7.28. The molecule has 68 valence electrons. The fourth-order valence-electron chi connectivity index (χ4n) is 0.792. The maximum Gasteiger partial charge on any atom is 0.337 e. The fourth-order valence-corrected chi connectivity index (χ4v) is 3.83. The highest BCUT2D eigenvalue weighted by molar-refractivity contribution is 6.69. The van der Waals surface area contributed by atoms with Crippen LogP contribution < -0.4 is 0 Å². The molecule has 2 nitrogen and oxygen atoms in total. The number of halogens is 2. The molecule has 0 aliphatic carbocycles. The van der Waals surface area contributed by atoms with Gasteiger partial charge in [0.25, 0.3) is 0 Å². The van der Waals surface area contributed by atoms with Gasteiger partial charge in [-0.05, 0) is 13.5 Å². The van der Waals surface area contributed by atoms with Crippen molar-refractivity contribution in [3.63, 3.8) is 0 Å². The molecule has 0 rings (SSSR count). The lowest BCUT2D eigenvalue weighted by Crippen LogP contribution is -2.40. The summed E-state index contributed by atoms with van der Waals surface area (Å²) in [6.07, 6.45) is 0. The van der Waals surface area contributed by atoms with Crippen LogP contribution in [0.2, 0.25) is 12.6 Å². The van der Waals surface area contributed by atoms with Crippen LogP contribution >= 0.6 is 23.2 Å². The molecule has 0 amide bonds. The van der Waals surface area contributed by atoms with E-state index in [1.807, 2.05) is 6.55 Å². The molecule has 0 heterocycles. The lowest BCUT2D eigenvalue weighted by Gasteiger charge is -2.27. The van der Waals surface area contributed by atoms with E-state index in [4.69, 9.17) is 32.1 Å². The average Bonchev–Trinajstić information content (AvgIpc) is 1.84. The number of hydrogen-bond donors (Lipinski definition) is 0. The van der Waals surface area contributed by atoms with Crippen LogP contribution in [0, 0.1) is 0 Å². The minimum atomic E-state index is -2.10. The second kappa shape index (κ2) is 4.10. The van der Waals surface area contributed by atoms with Gasteiger partial charge in [-0.15, -0.1) is 23.2 Å². The third-order valence-corrected chi connectivity index (χ3v) is 5.29. The lowest BCUT2D eigenvalue weighted by molar-refractivity contribution is 0.248. The summed E-state index contributed by atoms with van der Waals surface area (Å²) in [5.74, 6) is 0. The molecule has 5 heteroatoms. The Kier molecular flexibility index (Phi) is 4.36. The van der Waals surface area contributed by atoms with E-state index in [2.05, 4.69) is 0 Å². The van der Waals surface area contributed by atoms with Crippen LogP contribution in [-0.2, 0) is 8.85 Å². The molecule has 0 radical (unpaired) electrons. The summed E-state index contributed by atoms with van der Waals surface area (Å²) in [7, 11) is 1.14. The van der Waals surface area contributed by atoms with Crippen molar-refractivity contribution in [1.29, 1.82) is 0 Å². The van der Waals surface area contributed by atoms with Gasteiger partial charge in [-0.25, -0.2) is 0 Å². The van der Waals surface area contributed by atoms with Gasteiger partial charge in [0.05, 0.1) is 0 Å². The smallest absolute Gasteiger partial charge is 0.337 e. The Labute approximate surface area is 79.0 Å². The number of hydrogen-bond acceptors (Lipinski definition) is 2. The van der Waals surface area contributed by atoms with E-state index in [0.717, 1.165) is 0 Å². The highest BCUT2D eigenvalue weighted by Crippen LogP contribution is 2.31. The van der Waals surface area contributed by atoms with Crippen LogP contribution in [0.25, 0.3) is 0 Å². The molecule has 0 aromatic rings. The van der Waals surface area contributed by atoms with Crippen molar-refractivity contribution in [2.24, 2.45) is 0 Å². The second-order valence-electron chi connectivity index (χ2n) is 2.79. The normalized spacial score (nSPS) is 13.6. The zero-order valence-corrected chi connectivity index (χ0v) is 9.79. The third kappa shape index (κ3) is 5.04. The van der Waals surface area contributed by atoms with Gasteiger partial charge in [0, 0.05) is 20.3 Å². The van der Waals surface area contributed by atoms with Gasteiger partial charge in [-0.1, -0.05) is 0 Å². The van der Waals surface area contributed by atoms with Gasteiger partial charge >= 0.3 is 8.56 Å². The van der Waals surface area contributed by atoms with Gasteiger partial charge in [-0.3, -0.25) is 0 Å². The summed E-state index contributed by atoms with van der Waals surface area (Å²) in [6.45, 7) is 3.66. The Hall–Kier alpha value is 0.717. The van der Waals surface area contributed by atoms with Crippen LogP contribution in [0.1, 0.15) is 6.92 Å². The van der Waals surface area contributed by atoms with Gasteiger partial charge in [0.1, 0.15) is 4.33 Å². The van der Waals surface area contributed by atoms with E-state index in [9.17, 15) is 0 Å². The predicted octanol–water partition coefficient (Wildman–Crippen LogP) is 2.55. The molecule has 0 aliphatic heterocycles. The highest BCUT2D eigenvalue weighted by atomic mass is 35.5. The molecular weight excluding hydrogens is 203 g/mol. The standard InChI is InChI=1S/C6H14Cl2O2Si/c1-6(7,8)5-11(4,9-2)10-3/h5H2,1-4H3. The van der Waals surface area contributed by atoms with Crippen molar-refractivity contribution in [2.75, 3.05) is 14.2 Å². The molecule has 0 saturated carbocycles. The van der Waals surface area contributed by atoms with Gasteiger partial charge in [-0.2, -0.15) is 0 Å². The van der Waals surface area contributed by atoms with E-state index in [0.29, 0.717) is 6.04 Å². The number of rotatable bonds is 4. The SMILES string of the molecule is CO[Si](C)(CC(C)(Cl)Cl)OC. The van der Waals surface area contributed by atoms with Crippen LogP contribution in [0.5, 0.6) is 0 Å². The summed E-state index contributed by atoms with van der Waals surface area (Å²) in [4.78, 5) is 0. The lowest BCUT2D eigenvalue weighted by atomic mass is 10.5. The van der Waals surface area contributed by atoms with Crippen molar-refractivity contribution in [2.45, 2.75) is 23.8 Å². The summed E-state index contributed by atoms with van der Waals surface area (Å²) in [5.41, 5.74) is 0. The Morgan fingerprint density at radius 2 is 1.64 bits per heavy atom. The summed E-state index contributed by atoms with van der Waals surface area (Å²) in [5, 5.41) is 0. The van der Waals surface area contributed by atoms with Gasteiger partial charge in [0.15, 0.2) is 0 Å². The van der Waals surface area contributed by atoms with Crippen molar-refractivity contribution < 1.29 is 8.85 Å². The first-order valence-electron chi connectivity index (χ1n) is 3.31. The molecular formula is C6H14Cl2O2Si. The topological polar surface area (TPSA) is 18.5 Å². The quantitative estimate of drug-likeness (QED) is 0.532. The molecule has 0 fully saturated rings. The van der Waals surface area contributed by atoms with Crippen LogP contribution in [0.15, 0.2) is 0 Å². The van der Waals surface area contributed by atoms with E-state index >= 15 is 0 Å². The summed E-state index contributed by atoms with van der Waals surface area (Å²) < 4.78 is 9.66. The molecule has 0 atom stereocenters. The molecule has 0 bridgehead atoms. The highest BCUT2D eigenvalue weighted by Gasteiger charge is 2.36. The first kappa shape index (κ1) is 11.7. The molecule has 0 saturated heterocycles. The largest absolute Gasteiger partial charge is 0.398 e. The average molecular weight is 217 g/mol. The molecule has 0 aromatic heterocycles. The molecule has 0 N–H and O–H groups in total. The molecule has 0 spiro atoms. The monoisotopic (exact) mass is 216 g/mol. The van der Waals surface area contributed by atoms with Crippen LogP contribution in [0.4, 0.5) is 0 Å². The van der Waals surface area contributed by atoms with Crippen molar-refractivity contribution in [3.05, 3.63) is 0 Å². The maximum absolute atomic E-state index is 5.82. The van der Waals surface area contributed by atoms with Crippen molar-refractivity contribution in [3.8, 4) is 0 Å². The first-order chi connectivity index (χ1) is 4.83. The Morgan fingerprint density at radius 3 is 1.73 bits per heavy atom. The van der Waals surface area contributed by atoms with Crippen LogP contribution in [0.3, 0.4) is 0 Å². The van der Waals surface area contributed by atoms with Crippen LogP contribution in [-0.4, -0.2) is 27.1 Å². The summed E-state index contributed by atoms with van der Waals surface area (Å²) in [6, 6.07) is 0.566. The third-order valence-electron chi connectivity index (χ3n) is 1.50. The van der Waals surface area contributed by atoms with Gasteiger partial charge < -0.3 is 8.85 Å².